The van der Waals surface area contributed by atoms with E-state index in [9.17, 15) is 5.11 Å². The van der Waals surface area contributed by atoms with Crippen molar-refractivity contribution in [3.63, 3.8) is 0 Å². The van der Waals surface area contributed by atoms with E-state index in [1.54, 1.807) is 0 Å². The summed E-state index contributed by atoms with van der Waals surface area (Å²) in [4.78, 5) is 0. The van der Waals surface area contributed by atoms with Crippen LogP contribution in [0.2, 0.25) is 0 Å². The van der Waals surface area contributed by atoms with Gasteiger partial charge in [0.1, 0.15) is 0 Å². The molecule has 0 aromatic heterocycles. The highest BCUT2D eigenvalue weighted by Crippen LogP contribution is 2.27. The maximum Gasteiger partial charge on any atom is 0.0525 e. The highest BCUT2D eigenvalue weighted by molar-refractivity contribution is 5.24. The molecule has 0 aliphatic carbocycles. The molecule has 0 saturated heterocycles. The molecule has 0 spiro atoms. The maximum atomic E-state index is 9.37. The molecule has 1 atom stereocenters. The van der Waals surface area contributed by atoms with E-state index >= 15 is 0 Å². The van der Waals surface area contributed by atoms with E-state index < -0.39 is 0 Å². The van der Waals surface area contributed by atoms with Crippen molar-refractivity contribution >= 4 is 0 Å². The van der Waals surface area contributed by atoms with Gasteiger partial charge in [-0.1, -0.05) is 50.6 Å². The molecule has 1 rings (SSSR count). The van der Waals surface area contributed by atoms with Crippen molar-refractivity contribution in [3.05, 3.63) is 35.9 Å². The average Bonchev–Trinajstić information content (AvgIpc) is 2.19. The minimum absolute atomic E-state index is 0.0595. The van der Waals surface area contributed by atoms with Crippen molar-refractivity contribution < 1.29 is 5.11 Å². The van der Waals surface area contributed by atoms with Crippen molar-refractivity contribution in [2.45, 2.75) is 32.1 Å². The molecule has 0 aliphatic rings. The van der Waals surface area contributed by atoms with E-state index in [0.717, 1.165) is 12.8 Å². The van der Waals surface area contributed by atoms with Gasteiger partial charge in [-0.05, 0) is 12.0 Å². The summed E-state index contributed by atoms with van der Waals surface area (Å²) in [5.74, 6) is 0. The molecule has 0 unspecified atom stereocenters. The molecule has 1 heteroatoms. The molecule has 13 heavy (non-hydrogen) atoms. The number of aliphatic hydroxyl groups excluding tert-OH is 1. The minimum Gasteiger partial charge on any atom is -0.395 e. The molecule has 1 aromatic carbocycles. The van der Waals surface area contributed by atoms with Crippen molar-refractivity contribution in [1.82, 2.24) is 0 Å². The lowest BCUT2D eigenvalue weighted by molar-refractivity contribution is 0.196. The Hall–Kier alpha value is -0.820. The quantitative estimate of drug-likeness (QED) is 0.751. The lowest BCUT2D eigenvalue weighted by atomic mass is 9.79. The van der Waals surface area contributed by atoms with Crippen molar-refractivity contribution in [2.24, 2.45) is 0 Å². The normalized spacial score (nSPS) is 15.3. The van der Waals surface area contributed by atoms with E-state index in [0.29, 0.717) is 0 Å². The van der Waals surface area contributed by atoms with Crippen LogP contribution in [0.1, 0.15) is 32.3 Å². The zero-order valence-electron chi connectivity index (χ0n) is 8.46. The lowest BCUT2D eigenvalue weighted by Crippen LogP contribution is -2.26. The zero-order valence-corrected chi connectivity index (χ0v) is 8.46. The van der Waals surface area contributed by atoms with Gasteiger partial charge >= 0.3 is 0 Å². The number of rotatable bonds is 4. The molecule has 1 aromatic rings. The summed E-state index contributed by atoms with van der Waals surface area (Å²) >= 11 is 0. The Morgan fingerprint density at radius 2 is 1.85 bits per heavy atom. The van der Waals surface area contributed by atoms with E-state index in [1.807, 2.05) is 18.2 Å². The molecular weight excluding hydrogens is 160 g/mol. The van der Waals surface area contributed by atoms with Crippen LogP contribution >= 0.6 is 0 Å². The highest BCUT2D eigenvalue weighted by atomic mass is 16.3. The van der Waals surface area contributed by atoms with Crippen LogP contribution in [0.15, 0.2) is 30.3 Å². The second-order valence-electron chi connectivity index (χ2n) is 3.83. The summed E-state index contributed by atoms with van der Waals surface area (Å²) in [5, 5.41) is 9.37. The SMILES string of the molecule is CCC[C@](C)(CO)c1ccccc1. The molecule has 0 aliphatic heterocycles. The van der Waals surface area contributed by atoms with Gasteiger partial charge in [-0.3, -0.25) is 0 Å². The standard InChI is InChI=1S/C12H18O/c1-3-9-12(2,10-13)11-7-5-4-6-8-11/h4-8,13H,3,9-10H2,1-2H3/t12-/m1/s1. The second kappa shape index (κ2) is 4.43. The van der Waals surface area contributed by atoms with Crippen LogP contribution in [0, 0.1) is 0 Å². The zero-order chi connectivity index (χ0) is 9.73. The Balaban J connectivity index is 2.89. The highest BCUT2D eigenvalue weighted by Gasteiger charge is 2.23. The average molecular weight is 178 g/mol. The first-order valence-electron chi connectivity index (χ1n) is 4.89. The Kier molecular flexibility index (Phi) is 3.49. The molecule has 1 N–H and O–H groups in total. The van der Waals surface area contributed by atoms with Gasteiger partial charge in [-0.25, -0.2) is 0 Å². The van der Waals surface area contributed by atoms with Crippen LogP contribution in [-0.2, 0) is 5.41 Å². The fourth-order valence-electron chi connectivity index (χ4n) is 1.71. The summed E-state index contributed by atoms with van der Waals surface area (Å²) in [7, 11) is 0. The van der Waals surface area contributed by atoms with E-state index in [2.05, 4.69) is 26.0 Å². The molecule has 0 heterocycles. The van der Waals surface area contributed by atoms with Crippen LogP contribution < -0.4 is 0 Å². The van der Waals surface area contributed by atoms with Gasteiger partial charge < -0.3 is 5.11 Å². The topological polar surface area (TPSA) is 20.2 Å². The lowest BCUT2D eigenvalue weighted by Gasteiger charge is -2.27. The van der Waals surface area contributed by atoms with Gasteiger partial charge in [0.25, 0.3) is 0 Å². The van der Waals surface area contributed by atoms with Crippen LogP contribution in [0.3, 0.4) is 0 Å². The van der Waals surface area contributed by atoms with Gasteiger partial charge in [0.2, 0.25) is 0 Å². The van der Waals surface area contributed by atoms with Crippen molar-refractivity contribution in [2.75, 3.05) is 6.61 Å². The molecule has 72 valence electrons. The van der Waals surface area contributed by atoms with Gasteiger partial charge in [0, 0.05) is 5.41 Å². The smallest absolute Gasteiger partial charge is 0.0525 e. The molecule has 0 radical (unpaired) electrons. The van der Waals surface area contributed by atoms with Gasteiger partial charge in [0.05, 0.1) is 6.61 Å². The monoisotopic (exact) mass is 178 g/mol. The predicted octanol–water partition coefficient (Wildman–Crippen LogP) is 2.74. The first-order valence-corrected chi connectivity index (χ1v) is 4.89. The third-order valence-electron chi connectivity index (χ3n) is 2.62. The third-order valence-corrected chi connectivity index (χ3v) is 2.62. The summed E-state index contributed by atoms with van der Waals surface area (Å²) in [6, 6.07) is 10.2. The summed E-state index contributed by atoms with van der Waals surface area (Å²) in [6.07, 6.45) is 2.14. The Morgan fingerprint density at radius 1 is 1.23 bits per heavy atom. The first-order chi connectivity index (χ1) is 6.23. The molecular formula is C12H18O. The largest absolute Gasteiger partial charge is 0.395 e. The molecule has 1 nitrogen and oxygen atoms in total. The summed E-state index contributed by atoms with van der Waals surface area (Å²) in [6.45, 7) is 4.49. The van der Waals surface area contributed by atoms with Crippen LogP contribution in [0.25, 0.3) is 0 Å². The van der Waals surface area contributed by atoms with Gasteiger partial charge in [0.15, 0.2) is 0 Å². The molecule has 0 bridgehead atoms. The molecule has 0 fully saturated rings. The fourth-order valence-corrected chi connectivity index (χ4v) is 1.71. The summed E-state index contributed by atoms with van der Waals surface area (Å²) < 4.78 is 0. The minimum atomic E-state index is -0.0595. The van der Waals surface area contributed by atoms with E-state index in [-0.39, 0.29) is 12.0 Å². The van der Waals surface area contributed by atoms with E-state index in [1.165, 1.54) is 5.56 Å². The van der Waals surface area contributed by atoms with Gasteiger partial charge in [-0.15, -0.1) is 0 Å². The van der Waals surface area contributed by atoms with E-state index in [4.69, 9.17) is 0 Å². The van der Waals surface area contributed by atoms with Gasteiger partial charge in [-0.2, -0.15) is 0 Å². The van der Waals surface area contributed by atoms with Crippen molar-refractivity contribution in [1.29, 1.82) is 0 Å². The maximum absolute atomic E-state index is 9.37. The Morgan fingerprint density at radius 3 is 2.31 bits per heavy atom. The first kappa shape index (κ1) is 10.3. The number of aliphatic hydroxyl groups is 1. The summed E-state index contributed by atoms with van der Waals surface area (Å²) in [5.41, 5.74) is 1.18. The molecule has 0 amide bonds. The van der Waals surface area contributed by atoms with Crippen LogP contribution in [0.5, 0.6) is 0 Å². The second-order valence-corrected chi connectivity index (χ2v) is 3.83. The van der Waals surface area contributed by atoms with Crippen LogP contribution in [0.4, 0.5) is 0 Å². The Bertz CT molecular complexity index is 243. The van der Waals surface area contributed by atoms with Crippen LogP contribution in [-0.4, -0.2) is 11.7 Å². The predicted molar refractivity (Wildman–Crippen MR) is 55.8 cm³/mol. The Labute approximate surface area is 80.4 Å². The van der Waals surface area contributed by atoms with Crippen molar-refractivity contribution in [3.8, 4) is 0 Å². The number of hydrogen-bond donors (Lipinski definition) is 1. The number of hydrogen-bond acceptors (Lipinski definition) is 1. The third kappa shape index (κ3) is 2.31. The fraction of sp³-hybridized carbons (Fsp3) is 0.500. The number of benzene rings is 1. The molecule has 0 saturated carbocycles.